The maximum atomic E-state index is 12.3. The van der Waals surface area contributed by atoms with Crippen molar-refractivity contribution in [1.29, 1.82) is 0 Å². The van der Waals surface area contributed by atoms with Gasteiger partial charge in [0, 0.05) is 0 Å². The van der Waals surface area contributed by atoms with E-state index in [4.69, 9.17) is 0 Å². The predicted molar refractivity (Wildman–Crippen MR) is 99.5 cm³/mol. The summed E-state index contributed by atoms with van der Waals surface area (Å²) in [5.74, 6) is 0. The van der Waals surface area contributed by atoms with Gasteiger partial charge < -0.3 is 0 Å². The van der Waals surface area contributed by atoms with Gasteiger partial charge in [-0.1, -0.05) is 0 Å². The molecular formula is C16H18BrIN2O. The van der Waals surface area contributed by atoms with Gasteiger partial charge in [-0.3, -0.25) is 0 Å². The van der Waals surface area contributed by atoms with E-state index in [-0.39, 0.29) is 5.43 Å². The molecule has 1 aromatic heterocycles. The molecular weight excluding hydrogens is 443 g/mol. The summed E-state index contributed by atoms with van der Waals surface area (Å²) in [6.07, 6.45) is 4.15. The van der Waals surface area contributed by atoms with Crippen LogP contribution >= 0.6 is 35.7 Å². The number of fused-ring (bicyclic) bond motifs is 2. The van der Waals surface area contributed by atoms with Crippen molar-refractivity contribution in [2.75, 3.05) is 8.86 Å². The fourth-order valence-electron chi connectivity index (χ4n) is 3.30. The van der Waals surface area contributed by atoms with Crippen molar-refractivity contribution in [2.45, 2.75) is 29.4 Å². The van der Waals surface area contributed by atoms with Gasteiger partial charge in [0.2, 0.25) is 0 Å². The fraction of sp³-hybridized carbons (Fsp3) is 0.438. The van der Waals surface area contributed by atoms with Crippen molar-refractivity contribution in [1.82, 2.24) is 10.3 Å². The van der Waals surface area contributed by atoms with Gasteiger partial charge in [-0.25, -0.2) is 0 Å². The van der Waals surface area contributed by atoms with Crippen LogP contribution in [0.3, 0.4) is 0 Å². The van der Waals surface area contributed by atoms with Crippen LogP contribution in [0, 0.1) is 0 Å². The summed E-state index contributed by atoms with van der Waals surface area (Å²) in [5, 5.41) is 4.58. The topological polar surface area (TPSA) is 44.9 Å². The van der Waals surface area contributed by atoms with Crippen molar-refractivity contribution < 1.29 is 0 Å². The molecule has 2 N–H and O–H groups in total. The summed E-state index contributed by atoms with van der Waals surface area (Å²) in [6, 6.07) is 7.99. The molecule has 2 saturated heterocycles. The Morgan fingerprint density at radius 1 is 1.24 bits per heavy atom. The quantitative estimate of drug-likeness (QED) is 0.384. The van der Waals surface area contributed by atoms with Crippen LogP contribution in [0.4, 0.5) is 0 Å². The van der Waals surface area contributed by atoms with Gasteiger partial charge in [0.15, 0.2) is 0 Å². The van der Waals surface area contributed by atoms with Gasteiger partial charge >= 0.3 is 140 Å². The number of pyridine rings is 1. The van der Waals surface area contributed by atoms with Gasteiger partial charge in [-0.2, -0.15) is 0 Å². The van der Waals surface area contributed by atoms with Crippen molar-refractivity contribution in [3.05, 3.63) is 44.7 Å². The number of alkyl halides is 3. The number of rotatable bonds is 1. The fourth-order valence-corrected chi connectivity index (χ4v) is 11.1. The van der Waals surface area contributed by atoms with E-state index in [0.29, 0.717) is 6.04 Å². The standard InChI is InChI=1S/C16H18BrIN2O/c17-10-4-5-11-12(7-10)19-13(8-15(11)21)14-9-18-6-2-1-3-16(18)20-14/h4-5,7-8,14,16,20H,1-3,6,9H2,(H,19,21)/t14-,16-/m0/s1. The molecule has 0 saturated carbocycles. The molecule has 2 atom stereocenters. The summed E-state index contributed by atoms with van der Waals surface area (Å²) >= 11 is 2.66. The molecule has 21 heavy (non-hydrogen) atoms. The summed E-state index contributed by atoms with van der Waals surface area (Å²) in [4.78, 5) is 15.8. The molecule has 0 bridgehead atoms. The van der Waals surface area contributed by atoms with E-state index in [1.54, 1.807) is 0 Å². The van der Waals surface area contributed by atoms with Crippen LogP contribution in [-0.2, 0) is 0 Å². The van der Waals surface area contributed by atoms with E-state index in [2.05, 4.69) is 26.2 Å². The molecule has 5 heteroatoms. The van der Waals surface area contributed by atoms with Crippen LogP contribution in [-0.4, -0.2) is 17.9 Å². The molecule has 0 amide bonds. The molecule has 0 aliphatic carbocycles. The number of aromatic nitrogens is 1. The average molecular weight is 461 g/mol. The van der Waals surface area contributed by atoms with Gasteiger partial charge in [-0.15, -0.1) is 0 Å². The van der Waals surface area contributed by atoms with Crippen LogP contribution in [0.1, 0.15) is 31.0 Å². The summed E-state index contributed by atoms with van der Waals surface area (Å²) in [6.45, 7) is 0. The van der Waals surface area contributed by atoms with Crippen LogP contribution < -0.4 is 10.7 Å². The van der Waals surface area contributed by atoms with Gasteiger partial charge in [0.25, 0.3) is 0 Å². The van der Waals surface area contributed by atoms with Crippen LogP contribution in [0.15, 0.2) is 33.5 Å². The summed E-state index contributed by atoms with van der Waals surface area (Å²) < 4.78 is 4.60. The van der Waals surface area contributed by atoms with E-state index >= 15 is 0 Å². The van der Waals surface area contributed by atoms with E-state index in [9.17, 15) is 4.79 Å². The normalized spacial score (nSPS) is 27.0. The zero-order valence-electron chi connectivity index (χ0n) is 11.7. The van der Waals surface area contributed by atoms with Crippen LogP contribution in [0.5, 0.6) is 0 Å². The van der Waals surface area contributed by atoms with Crippen LogP contribution in [0.2, 0.25) is 0 Å². The van der Waals surface area contributed by atoms with Crippen molar-refractivity contribution in [2.24, 2.45) is 0 Å². The Balaban J connectivity index is 1.72. The number of benzene rings is 1. The Labute approximate surface area is 139 Å². The molecule has 2 aromatic rings. The van der Waals surface area contributed by atoms with Gasteiger partial charge in [-0.05, 0) is 0 Å². The number of aromatic amines is 1. The van der Waals surface area contributed by atoms with E-state index in [1.807, 2.05) is 24.3 Å². The van der Waals surface area contributed by atoms with Crippen LogP contribution in [0.25, 0.3) is 10.9 Å². The second-order valence-corrected chi connectivity index (χ2v) is 13.0. The van der Waals surface area contributed by atoms with Crippen molar-refractivity contribution in [3.8, 4) is 0 Å². The van der Waals surface area contributed by atoms with Gasteiger partial charge in [0.1, 0.15) is 0 Å². The second-order valence-electron chi connectivity index (χ2n) is 5.80. The SMILES string of the molecule is O=c1cc([C@@H]2CI3CCCC[C@@H]3N2)[nH]c2cc(Br)ccc12. The molecule has 0 unspecified atom stereocenters. The first-order chi connectivity index (χ1) is 10.2. The first-order valence-electron chi connectivity index (χ1n) is 7.39. The number of hydrogen-bond donors (Lipinski definition) is 2. The first-order valence-corrected chi connectivity index (χ1v) is 12.5. The molecule has 2 aliphatic rings. The third-order valence-corrected chi connectivity index (χ3v) is 12.1. The number of H-pyrrole nitrogens is 1. The second kappa shape index (κ2) is 5.66. The minimum absolute atomic E-state index is 0.131. The van der Waals surface area contributed by atoms with Crippen molar-refractivity contribution in [3.63, 3.8) is 0 Å². The summed E-state index contributed by atoms with van der Waals surface area (Å²) in [5.41, 5.74) is 2.15. The predicted octanol–water partition coefficient (Wildman–Crippen LogP) is 3.95. The molecule has 4 rings (SSSR count). The molecule has 3 heterocycles. The Morgan fingerprint density at radius 3 is 3.00 bits per heavy atom. The monoisotopic (exact) mass is 460 g/mol. The Hall–Kier alpha value is -0.400. The molecule has 3 nitrogen and oxygen atoms in total. The summed E-state index contributed by atoms with van der Waals surface area (Å²) in [7, 11) is 0. The third kappa shape index (κ3) is 2.68. The molecule has 112 valence electrons. The van der Waals surface area contributed by atoms with E-state index in [1.165, 1.54) is 28.1 Å². The minimum atomic E-state index is -0.829. The van der Waals surface area contributed by atoms with E-state index in [0.717, 1.165) is 25.1 Å². The molecule has 2 fully saturated rings. The third-order valence-electron chi connectivity index (χ3n) is 4.38. The Kier molecular flexibility index (Phi) is 3.83. The zero-order chi connectivity index (χ0) is 14.4. The Morgan fingerprint density at radius 2 is 2.14 bits per heavy atom. The Bertz CT molecular complexity index is 731. The zero-order valence-corrected chi connectivity index (χ0v) is 15.4. The number of nitrogens with one attached hydrogen (secondary N) is 2. The molecule has 2 aliphatic heterocycles. The van der Waals surface area contributed by atoms with Gasteiger partial charge in [0.05, 0.1) is 0 Å². The number of hydrogen-bond acceptors (Lipinski definition) is 2. The maximum absolute atomic E-state index is 12.3. The average Bonchev–Trinajstić information content (AvgIpc) is 2.90. The molecule has 0 radical (unpaired) electrons. The van der Waals surface area contributed by atoms with E-state index < -0.39 is 19.8 Å². The van der Waals surface area contributed by atoms with Crippen molar-refractivity contribution >= 4 is 46.7 Å². The number of halogens is 2. The molecule has 1 aromatic carbocycles. The first kappa shape index (κ1) is 14.2. The molecule has 0 spiro atoms.